The van der Waals surface area contributed by atoms with Gasteiger partial charge in [-0.05, 0) is 69.4 Å². The van der Waals surface area contributed by atoms with Crippen molar-refractivity contribution in [1.82, 2.24) is 25.6 Å². The van der Waals surface area contributed by atoms with Crippen LogP contribution in [-0.2, 0) is 4.79 Å². The Morgan fingerprint density at radius 1 is 1.16 bits per heavy atom. The number of rotatable bonds is 8. The van der Waals surface area contributed by atoms with Crippen LogP contribution in [0.1, 0.15) is 60.6 Å². The first kappa shape index (κ1) is 26.1. The van der Waals surface area contributed by atoms with Gasteiger partial charge in [0, 0.05) is 17.8 Å². The lowest BCUT2D eigenvalue weighted by Crippen LogP contribution is -2.48. The first-order valence-corrected chi connectivity index (χ1v) is 13.2. The quantitative estimate of drug-likeness (QED) is 0.357. The number of ether oxygens (including phenoxy) is 1. The Hall–Kier alpha value is -3.53. The highest BCUT2D eigenvalue weighted by molar-refractivity contribution is 6.09. The zero-order valence-corrected chi connectivity index (χ0v) is 21.9. The maximum Gasteiger partial charge on any atom is 0.255 e. The molecule has 0 bridgehead atoms. The molecule has 202 valence electrons. The number of hydrogen-bond acceptors (Lipinski definition) is 6. The number of nitrogens with zero attached hydrogens (tertiary/aromatic N) is 2. The highest BCUT2D eigenvalue weighted by Gasteiger charge is 2.31. The molecule has 0 saturated heterocycles. The van der Waals surface area contributed by atoms with Gasteiger partial charge < -0.3 is 25.5 Å². The molecular formula is C28H34FN5O4. The van der Waals surface area contributed by atoms with E-state index in [0.29, 0.717) is 71.1 Å². The van der Waals surface area contributed by atoms with Crippen LogP contribution in [0.15, 0.2) is 18.5 Å². The van der Waals surface area contributed by atoms with Crippen LogP contribution in [-0.4, -0.2) is 57.2 Å². The van der Waals surface area contributed by atoms with Gasteiger partial charge in [0.05, 0.1) is 23.3 Å². The van der Waals surface area contributed by atoms with Crippen molar-refractivity contribution < 1.29 is 23.8 Å². The molecule has 0 radical (unpaired) electrons. The van der Waals surface area contributed by atoms with E-state index in [-0.39, 0.29) is 35.4 Å². The fourth-order valence-corrected chi connectivity index (χ4v) is 5.34. The monoisotopic (exact) mass is 523 g/mol. The molecule has 3 aromatic rings. The van der Waals surface area contributed by atoms with Gasteiger partial charge in [0.25, 0.3) is 5.91 Å². The third-order valence-corrected chi connectivity index (χ3v) is 7.70. The van der Waals surface area contributed by atoms with E-state index < -0.39 is 12.4 Å². The lowest BCUT2D eigenvalue weighted by atomic mass is 9.82. The van der Waals surface area contributed by atoms with Crippen LogP contribution in [0.3, 0.4) is 0 Å². The second-order valence-corrected chi connectivity index (χ2v) is 10.7. The maximum absolute atomic E-state index is 15.5. The SMILES string of the molecule is Cc1ccc(OCC2CC2)c(-c2ncnc3c(C(=O)N[C@H]4CC[C@@H](NC(=O)CO)[C@H](C)C4)c(C)[nH]c23)c1F. The zero-order chi connectivity index (χ0) is 27.0. The van der Waals surface area contributed by atoms with Crippen LogP contribution in [0.25, 0.3) is 22.3 Å². The van der Waals surface area contributed by atoms with Crippen LogP contribution in [0.4, 0.5) is 4.39 Å². The molecule has 2 aromatic heterocycles. The number of aromatic amines is 1. The Bertz CT molecular complexity index is 1370. The van der Waals surface area contributed by atoms with E-state index in [1.165, 1.54) is 6.33 Å². The minimum absolute atomic E-state index is 0.0338. The summed E-state index contributed by atoms with van der Waals surface area (Å²) in [5, 5.41) is 15.0. The molecule has 5 rings (SSSR count). The molecule has 2 aliphatic carbocycles. The zero-order valence-electron chi connectivity index (χ0n) is 21.9. The Morgan fingerprint density at radius 2 is 1.95 bits per heavy atom. The highest BCUT2D eigenvalue weighted by atomic mass is 19.1. The molecule has 2 saturated carbocycles. The summed E-state index contributed by atoms with van der Waals surface area (Å²) in [5.74, 6) is 0.0157. The van der Waals surface area contributed by atoms with Crippen LogP contribution in [0, 0.1) is 31.5 Å². The van der Waals surface area contributed by atoms with Gasteiger partial charge in [-0.3, -0.25) is 9.59 Å². The Balaban J connectivity index is 1.41. The van der Waals surface area contributed by atoms with Crippen molar-refractivity contribution >= 4 is 22.8 Å². The summed E-state index contributed by atoms with van der Waals surface area (Å²) in [7, 11) is 0. The summed E-state index contributed by atoms with van der Waals surface area (Å²) < 4.78 is 21.5. The van der Waals surface area contributed by atoms with Gasteiger partial charge in [0.1, 0.15) is 35.7 Å². The summed E-state index contributed by atoms with van der Waals surface area (Å²) in [4.78, 5) is 37.1. The molecule has 2 fully saturated rings. The predicted molar refractivity (Wildman–Crippen MR) is 140 cm³/mol. The van der Waals surface area contributed by atoms with E-state index in [9.17, 15) is 9.59 Å². The smallest absolute Gasteiger partial charge is 0.255 e. The number of benzene rings is 1. The second kappa shape index (κ2) is 10.7. The van der Waals surface area contributed by atoms with Crippen molar-refractivity contribution in [1.29, 1.82) is 0 Å². The molecule has 4 N–H and O–H groups in total. The number of amides is 2. The molecule has 3 atom stereocenters. The number of carbonyl (C=O) groups is 2. The number of H-pyrrole nitrogens is 1. The predicted octanol–water partition coefficient (Wildman–Crippen LogP) is 3.57. The molecule has 2 heterocycles. The van der Waals surface area contributed by atoms with Gasteiger partial charge in [-0.1, -0.05) is 13.0 Å². The number of aliphatic hydroxyl groups excluding tert-OH is 1. The number of halogens is 1. The molecule has 10 heteroatoms. The molecular weight excluding hydrogens is 489 g/mol. The van der Waals surface area contributed by atoms with Crippen molar-refractivity contribution in [3.8, 4) is 17.0 Å². The van der Waals surface area contributed by atoms with Crippen LogP contribution in [0.5, 0.6) is 5.75 Å². The topological polar surface area (TPSA) is 129 Å². The van der Waals surface area contributed by atoms with Gasteiger partial charge in [0.2, 0.25) is 5.91 Å². The van der Waals surface area contributed by atoms with Gasteiger partial charge in [-0.2, -0.15) is 0 Å². The average molecular weight is 524 g/mol. The first-order valence-electron chi connectivity index (χ1n) is 13.2. The number of aromatic nitrogens is 3. The van der Waals surface area contributed by atoms with Crippen LogP contribution in [0.2, 0.25) is 0 Å². The third-order valence-electron chi connectivity index (χ3n) is 7.70. The van der Waals surface area contributed by atoms with Crippen molar-refractivity contribution in [2.24, 2.45) is 11.8 Å². The van der Waals surface area contributed by atoms with E-state index >= 15 is 4.39 Å². The van der Waals surface area contributed by atoms with E-state index in [1.54, 1.807) is 26.0 Å². The number of aryl methyl sites for hydroxylation is 2. The third kappa shape index (κ3) is 5.22. The minimum atomic E-state index is -0.534. The number of aliphatic hydroxyl groups is 1. The Morgan fingerprint density at radius 3 is 2.66 bits per heavy atom. The van der Waals surface area contributed by atoms with Crippen molar-refractivity contribution in [2.45, 2.75) is 65.0 Å². The fraction of sp³-hybridized carbons (Fsp3) is 0.500. The van der Waals surface area contributed by atoms with Crippen LogP contribution >= 0.6 is 0 Å². The van der Waals surface area contributed by atoms with Crippen molar-refractivity contribution in [3.63, 3.8) is 0 Å². The summed E-state index contributed by atoms with van der Waals surface area (Å²) >= 11 is 0. The van der Waals surface area contributed by atoms with Crippen LogP contribution < -0.4 is 15.4 Å². The molecule has 2 aliphatic rings. The molecule has 0 unspecified atom stereocenters. The van der Waals surface area contributed by atoms with Gasteiger partial charge in [0.15, 0.2) is 0 Å². The maximum atomic E-state index is 15.5. The van der Waals surface area contributed by atoms with E-state index in [0.717, 1.165) is 12.8 Å². The minimum Gasteiger partial charge on any atom is -0.492 e. The van der Waals surface area contributed by atoms with Crippen molar-refractivity contribution in [2.75, 3.05) is 13.2 Å². The van der Waals surface area contributed by atoms with E-state index in [2.05, 4.69) is 25.6 Å². The number of hydrogen-bond donors (Lipinski definition) is 4. The Labute approximate surface area is 220 Å². The summed E-state index contributed by atoms with van der Waals surface area (Å²) in [6.07, 6.45) is 5.68. The largest absolute Gasteiger partial charge is 0.492 e. The van der Waals surface area contributed by atoms with Gasteiger partial charge in [-0.15, -0.1) is 0 Å². The molecule has 38 heavy (non-hydrogen) atoms. The lowest BCUT2D eigenvalue weighted by molar-refractivity contribution is -0.125. The summed E-state index contributed by atoms with van der Waals surface area (Å²) in [6.45, 7) is 5.52. The molecule has 0 spiro atoms. The molecule has 2 amide bonds. The normalized spacial score (nSPS) is 21.3. The lowest BCUT2D eigenvalue weighted by Gasteiger charge is -2.34. The van der Waals surface area contributed by atoms with E-state index in [1.807, 2.05) is 6.92 Å². The van der Waals surface area contributed by atoms with E-state index in [4.69, 9.17) is 9.84 Å². The first-order chi connectivity index (χ1) is 18.3. The Kier molecular flexibility index (Phi) is 7.34. The fourth-order valence-electron chi connectivity index (χ4n) is 5.34. The summed E-state index contributed by atoms with van der Waals surface area (Å²) in [6, 6.07) is 3.37. The average Bonchev–Trinajstić information content (AvgIpc) is 3.66. The number of fused-ring (bicyclic) bond motifs is 1. The second-order valence-electron chi connectivity index (χ2n) is 10.7. The standard InChI is InChI=1S/C28H34FN5O4/c1-14-4-9-20(38-12-17-5-6-17)23(24(14)29)26-27-25(30-13-31-26)22(16(3)32-27)28(37)33-18-7-8-19(15(2)10-18)34-21(36)11-35/h4,9,13,15,17-19,32,35H,5-8,10-12H2,1-3H3,(H,33,37)(H,34,36)/t15-,18+,19-/m1/s1. The number of carbonyl (C=O) groups excluding carboxylic acids is 2. The van der Waals surface area contributed by atoms with Crippen molar-refractivity contribution in [3.05, 3.63) is 41.1 Å². The number of nitrogens with one attached hydrogen (secondary N) is 3. The molecule has 0 aliphatic heterocycles. The summed E-state index contributed by atoms with van der Waals surface area (Å²) in [5.41, 5.74) is 3.04. The van der Waals surface area contributed by atoms with Gasteiger partial charge in [-0.25, -0.2) is 14.4 Å². The highest BCUT2D eigenvalue weighted by Crippen LogP contribution is 2.39. The molecule has 9 nitrogen and oxygen atoms in total. The molecule has 1 aromatic carbocycles. The van der Waals surface area contributed by atoms with Gasteiger partial charge >= 0.3 is 0 Å².